The zero-order valence-corrected chi connectivity index (χ0v) is 19.5. The summed E-state index contributed by atoms with van der Waals surface area (Å²) >= 11 is 0. The molecule has 178 valence electrons. The van der Waals surface area contributed by atoms with Crippen molar-refractivity contribution in [2.45, 2.75) is 13.8 Å². The molecule has 0 radical (unpaired) electrons. The lowest BCUT2D eigenvalue weighted by Gasteiger charge is -2.09. The van der Waals surface area contributed by atoms with Crippen LogP contribution in [-0.2, 0) is 0 Å². The number of benzene rings is 3. The van der Waals surface area contributed by atoms with E-state index in [1.54, 1.807) is 22.8 Å². The molecule has 0 aliphatic heterocycles. The molecule has 5 rings (SSSR count). The van der Waals surface area contributed by atoms with Crippen molar-refractivity contribution in [1.82, 2.24) is 9.55 Å². The van der Waals surface area contributed by atoms with Crippen molar-refractivity contribution in [2.24, 2.45) is 10.2 Å². The largest absolute Gasteiger partial charge is 0.504 e. The van der Waals surface area contributed by atoms with E-state index in [0.29, 0.717) is 16.5 Å². The average molecular weight is 479 g/mol. The van der Waals surface area contributed by atoms with Crippen LogP contribution in [0.4, 0.5) is 11.5 Å². The van der Waals surface area contributed by atoms with E-state index in [9.17, 15) is 20.1 Å². The zero-order valence-electron chi connectivity index (χ0n) is 19.5. The molecule has 0 unspecified atom stereocenters. The fourth-order valence-corrected chi connectivity index (χ4v) is 4.32. The molecular weight excluding hydrogens is 456 g/mol. The highest BCUT2D eigenvalue weighted by atomic mass is 16.4. The number of pyridine rings is 1. The molecule has 8 heteroatoms. The molecule has 36 heavy (non-hydrogen) atoms. The standard InChI is InChI=1S/C28H22N4O4/c1-16-12-17(2)14-20(13-16)32-23-9-4-3-8-22(23)24(27(32)34)30-31-26-25(33)21(10-11-29-26)18-6-5-7-19(15-18)28(35)36/h3-15,33-34H,1-2H3,(H,35,36). The number of hydrogen-bond donors (Lipinski definition) is 3. The monoisotopic (exact) mass is 478 g/mol. The number of carbonyl (C=O) groups is 1. The van der Waals surface area contributed by atoms with Gasteiger partial charge in [-0.25, -0.2) is 9.78 Å². The number of aromatic hydroxyl groups is 2. The van der Waals surface area contributed by atoms with Crippen LogP contribution in [0.25, 0.3) is 27.7 Å². The summed E-state index contributed by atoms with van der Waals surface area (Å²) in [5.74, 6) is -1.46. The fraction of sp³-hybridized carbons (Fsp3) is 0.0714. The van der Waals surface area contributed by atoms with Gasteiger partial charge in [-0.1, -0.05) is 36.4 Å². The van der Waals surface area contributed by atoms with Crippen molar-refractivity contribution in [2.75, 3.05) is 0 Å². The van der Waals surface area contributed by atoms with E-state index in [4.69, 9.17) is 0 Å². The first-order chi connectivity index (χ1) is 17.3. The summed E-state index contributed by atoms with van der Waals surface area (Å²) in [6.07, 6.45) is 1.45. The lowest BCUT2D eigenvalue weighted by Crippen LogP contribution is -1.95. The molecule has 0 aliphatic carbocycles. The van der Waals surface area contributed by atoms with Gasteiger partial charge in [0.2, 0.25) is 11.7 Å². The minimum Gasteiger partial charge on any atom is -0.504 e. The first kappa shape index (κ1) is 22.8. The number of aromatic carboxylic acids is 1. The van der Waals surface area contributed by atoms with Crippen LogP contribution in [0, 0.1) is 13.8 Å². The number of carboxylic acid groups (broad SMARTS) is 1. The summed E-state index contributed by atoms with van der Waals surface area (Å²) in [6.45, 7) is 3.99. The van der Waals surface area contributed by atoms with Crippen molar-refractivity contribution >= 4 is 28.4 Å². The van der Waals surface area contributed by atoms with Gasteiger partial charge in [-0.15, -0.1) is 10.2 Å². The lowest BCUT2D eigenvalue weighted by molar-refractivity contribution is 0.0697. The maximum Gasteiger partial charge on any atom is 0.335 e. The van der Waals surface area contributed by atoms with Crippen molar-refractivity contribution in [3.8, 4) is 28.4 Å². The third-order valence-electron chi connectivity index (χ3n) is 5.86. The SMILES string of the molecule is Cc1cc(C)cc(-n2c(O)c(N=Nc3nccc(-c4cccc(C(=O)O)c4)c3O)c3ccccc32)c1. The van der Waals surface area contributed by atoms with Crippen LogP contribution < -0.4 is 0 Å². The number of rotatable bonds is 5. The van der Waals surface area contributed by atoms with Crippen molar-refractivity contribution in [3.05, 3.63) is 95.7 Å². The Kier molecular flexibility index (Phi) is 5.69. The molecular formula is C28H22N4O4. The van der Waals surface area contributed by atoms with E-state index in [2.05, 4.69) is 21.3 Å². The van der Waals surface area contributed by atoms with Crippen LogP contribution in [0.3, 0.4) is 0 Å². The van der Waals surface area contributed by atoms with Crippen LogP contribution in [0.1, 0.15) is 21.5 Å². The number of aryl methyl sites for hydroxylation is 2. The highest BCUT2D eigenvalue weighted by molar-refractivity contribution is 5.96. The number of fused-ring (bicyclic) bond motifs is 1. The van der Waals surface area contributed by atoms with E-state index < -0.39 is 5.97 Å². The van der Waals surface area contributed by atoms with E-state index in [-0.39, 0.29) is 28.7 Å². The summed E-state index contributed by atoms with van der Waals surface area (Å²) in [6, 6.07) is 21.2. The molecule has 0 spiro atoms. The van der Waals surface area contributed by atoms with Gasteiger partial charge in [0.05, 0.1) is 11.1 Å². The summed E-state index contributed by atoms with van der Waals surface area (Å²) in [4.78, 5) is 15.5. The molecule has 0 saturated heterocycles. The normalized spacial score (nSPS) is 11.4. The summed E-state index contributed by atoms with van der Waals surface area (Å²) in [7, 11) is 0. The van der Waals surface area contributed by atoms with E-state index in [0.717, 1.165) is 22.3 Å². The molecule has 5 aromatic rings. The van der Waals surface area contributed by atoms with Gasteiger partial charge in [0.25, 0.3) is 0 Å². The molecule has 0 bridgehead atoms. The maximum absolute atomic E-state index is 11.3. The smallest absolute Gasteiger partial charge is 0.335 e. The number of aromatic nitrogens is 2. The van der Waals surface area contributed by atoms with Gasteiger partial charge in [0.15, 0.2) is 11.4 Å². The lowest BCUT2D eigenvalue weighted by atomic mass is 10.0. The van der Waals surface area contributed by atoms with Gasteiger partial charge in [0, 0.05) is 22.8 Å². The Morgan fingerprint density at radius 1 is 0.889 bits per heavy atom. The molecule has 3 N–H and O–H groups in total. The first-order valence-electron chi connectivity index (χ1n) is 11.2. The van der Waals surface area contributed by atoms with Gasteiger partial charge in [-0.05, 0) is 66.9 Å². The molecule has 2 aromatic heterocycles. The van der Waals surface area contributed by atoms with Gasteiger partial charge in [-0.2, -0.15) is 0 Å². The molecule has 8 nitrogen and oxygen atoms in total. The number of nitrogens with zero attached hydrogens (tertiary/aromatic N) is 4. The maximum atomic E-state index is 11.3. The molecule has 0 fully saturated rings. The van der Waals surface area contributed by atoms with Crippen molar-refractivity contribution in [1.29, 1.82) is 0 Å². The van der Waals surface area contributed by atoms with Crippen molar-refractivity contribution < 1.29 is 20.1 Å². The molecule has 0 amide bonds. The predicted molar refractivity (Wildman–Crippen MR) is 137 cm³/mol. The topological polar surface area (TPSA) is 120 Å². The van der Waals surface area contributed by atoms with Gasteiger partial charge >= 0.3 is 5.97 Å². The summed E-state index contributed by atoms with van der Waals surface area (Å²) in [5, 5.41) is 40.4. The van der Waals surface area contributed by atoms with Crippen LogP contribution in [0.2, 0.25) is 0 Å². The van der Waals surface area contributed by atoms with Crippen molar-refractivity contribution in [3.63, 3.8) is 0 Å². The predicted octanol–water partition coefficient (Wildman–Crippen LogP) is 6.83. The summed E-state index contributed by atoms with van der Waals surface area (Å²) < 4.78 is 1.71. The number of carboxylic acids is 1. The summed E-state index contributed by atoms with van der Waals surface area (Å²) in [5.41, 5.74) is 4.87. The van der Waals surface area contributed by atoms with Gasteiger partial charge in [-0.3, -0.25) is 4.57 Å². The number of azo groups is 1. The Labute approximate surface area is 206 Å². The van der Waals surface area contributed by atoms with Crippen LogP contribution in [0.5, 0.6) is 11.6 Å². The number of para-hydroxylation sites is 1. The second-order valence-electron chi connectivity index (χ2n) is 8.49. The second kappa shape index (κ2) is 8.99. The average Bonchev–Trinajstić information content (AvgIpc) is 3.14. The van der Waals surface area contributed by atoms with Gasteiger partial charge < -0.3 is 15.3 Å². The molecule has 3 aromatic carbocycles. The Morgan fingerprint density at radius 2 is 1.64 bits per heavy atom. The first-order valence-corrected chi connectivity index (χ1v) is 11.2. The second-order valence-corrected chi connectivity index (χ2v) is 8.49. The third-order valence-corrected chi connectivity index (χ3v) is 5.86. The highest BCUT2D eigenvalue weighted by Gasteiger charge is 2.19. The minimum absolute atomic E-state index is 0.0594. The Morgan fingerprint density at radius 3 is 2.39 bits per heavy atom. The van der Waals surface area contributed by atoms with E-state index in [1.807, 2.05) is 50.2 Å². The molecule has 0 saturated carbocycles. The Balaban J connectivity index is 1.61. The molecule has 0 aliphatic rings. The quantitative estimate of drug-likeness (QED) is 0.239. The van der Waals surface area contributed by atoms with Crippen LogP contribution in [-0.4, -0.2) is 30.8 Å². The van der Waals surface area contributed by atoms with Crippen LogP contribution >= 0.6 is 0 Å². The molecule has 2 heterocycles. The van der Waals surface area contributed by atoms with E-state index in [1.165, 1.54) is 18.3 Å². The minimum atomic E-state index is -1.07. The van der Waals surface area contributed by atoms with Crippen LogP contribution in [0.15, 0.2) is 89.2 Å². The highest BCUT2D eigenvalue weighted by Crippen LogP contribution is 2.43. The van der Waals surface area contributed by atoms with E-state index >= 15 is 0 Å². The third kappa shape index (κ3) is 4.05. The Bertz CT molecular complexity index is 1650. The molecule has 0 atom stereocenters. The Hall–Kier alpha value is -4.98. The fourth-order valence-electron chi connectivity index (χ4n) is 4.32. The zero-order chi connectivity index (χ0) is 25.4. The van der Waals surface area contributed by atoms with Gasteiger partial charge in [0.1, 0.15) is 0 Å². The number of hydrogen-bond acceptors (Lipinski definition) is 6.